The van der Waals surface area contributed by atoms with Crippen molar-refractivity contribution in [2.24, 2.45) is 0 Å². The minimum atomic E-state index is -3.87. The summed E-state index contributed by atoms with van der Waals surface area (Å²) in [6.07, 6.45) is 2.90. The van der Waals surface area contributed by atoms with Crippen LogP contribution in [0.15, 0.2) is 30.0 Å². The molecule has 2 aliphatic rings. The van der Waals surface area contributed by atoms with Crippen LogP contribution in [0, 0.1) is 0 Å². The van der Waals surface area contributed by atoms with E-state index in [-0.39, 0.29) is 35.1 Å². The largest absolute Gasteiger partial charge is 1.00 e. The fraction of sp³-hybridized carbons (Fsp3) is 0.357. The predicted molar refractivity (Wildman–Crippen MR) is 74.6 cm³/mol. The molecule has 1 aromatic heterocycles. The van der Waals surface area contributed by atoms with Crippen molar-refractivity contribution in [1.29, 1.82) is 0 Å². The molecule has 0 saturated carbocycles. The van der Waals surface area contributed by atoms with E-state index in [0.29, 0.717) is 5.69 Å². The van der Waals surface area contributed by atoms with Crippen LogP contribution in [0.1, 0.15) is 19.5 Å². The van der Waals surface area contributed by atoms with Crippen molar-refractivity contribution in [3.05, 3.63) is 35.7 Å². The molecule has 9 heteroatoms. The van der Waals surface area contributed by atoms with E-state index in [1.165, 1.54) is 26.1 Å². The number of carbonyl (C=O) groups is 2. The number of β-lactam (4-membered cyclic amide) rings is 1. The van der Waals surface area contributed by atoms with Crippen LogP contribution in [-0.4, -0.2) is 46.3 Å². The minimum absolute atomic E-state index is 0. The van der Waals surface area contributed by atoms with Crippen molar-refractivity contribution < 1.29 is 52.7 Å². The number of rotatable bonds is 2. The summed E-state index contributed by atoms with van der Waals surface area (Å²) in [6.45, 7) is 2.60. The van der Waals surface area contributed by atoms with Gasteiger partial charge in [0.05, 0.1) is 28.0 Å². The number of amides is 1. The molecule has 2 saturated heterocycles. The summed E-state index contributed by atoms with van der Waals surface area (Å²) >= 11 is 0. The molecule has 2 atom stereocenters. The van der Waals surface area contributed by atoms with Crippen LogP contribution in [0.2, 0.25) is 0 Å². The third-order valence-corrected chi connectivity index (χ3v) is 6.94. The summed E-state index contributed by atoms with van der Waals surface area (Å²) in [4.78, 5) is 28.4. The summed E-state index contributed by atoms with van der Waals surface area (Å²) in [5.74, 6) is -2.18. The maximum absolute atomic E-state index is 12.6. The van der Waals surface area contributed by atoms with E-state index in [9.17, 15) is 23.1 Å². The van der Waals surface area contributed by atoms with Crippen molar-refractivity contribution >= 4 is 27.8 Å². The Hall–Kier alpha value is -1.22. The van der Waals surface area contributed by atoms with Crippen LogP contribution in [0.3, 0.4) is 0 Å². The molecule has 2 aliphatic heterocycles. The summed E-state index contributed by atoms with van der Waals surface area (Å²) in [6, 6.07) is 3.54. The van der Waals surface area contributed by atoms with Gasteiger partial charge in [-0.15, -0.1) is 0 Å². The van der Waals surface area contributed by atoms with E-state index in [1.807, 2.05) is 0 Å². The number of nitrogens with zero attached hydrogens (tertiary/aromatic N) is 2. The standard InChI is InChI=1S/C14H14N2O5S.Na/c1-14(2)10(13(18)19)16-11(17)9(12(16)22(14,20)21)7-8-5-3-4-6-15-8;/h3-7,10,12H,1-2H3,(H,18,19);/q;+1/p-1/b9-7+;/t10-,12+;/m0./s1. The SMILES string of the molecule is CC1(C)[C@H](C(=O)[O-])N2C(=O)/C(=C\c3ccccn3)[C@H]2S1(=O)=O.[Na+]. The fourth-order valence-corrected chi connectivity index (χ4v) is 5.06. The molecular weight excluding hydrogens is 331 g/mol. The average molecular weight is 344 g/mol. The second kappa shape index (κ2) is 5.70. The number of fused-ring (bicyclic) bond motifs is 1. The van der Waals surface area contributed by atoms with E-state index in [0.717, 1.165) is 4.90 Å². The predicted octanol–water partition coefficient (Wildman–Crippen LogP) is -4.04. The van der Waals surface area contributed by atoms with Gasteiger partial charge in [-0.25, -0.2) is 8.42 Å². The second-order valence-corrected chi connectivity index (χ2v) is 8.38. The van der Waals surface area contributed by atoms with E-state index in [4.69, 9.17) is 0 Å². The van der Waals surface area contributed by atoms with Gasteiger partial charge in [0.1, 0.15) is 0 Å². The van der Waals surface area contributed by atoms with Crippen LogP contribution in [0.4, 0.5) is 0 Å². The van der Waals surface area contributed by atoms with E-state index in [1.54, 1.807) is 18.2 Å². The Morgan fingerprint density at radius 3 is 2.57 bits per heavy atom. The number of aromatic nitrogens is 1. The number of hydrogen-bond donors (Lipinski definition) is 0. The molecule has 7 nitrogen and oxygen atoms in total. The van der Waals surface area contributed by atoms with E-state index < -0.39 is 37.9 Å². The van der Waals surface area contributed by atoms with Crippen LogP contribution in [0.5, 0.6) is 0 Å². The van der Waals surface area contributed by atoms with Crippen molar-refractivity contribution in [2.45, 2.75) is 30.0 Å². The summed E-state index contributed by atoms with van der Waals surface area (Å²) in [5.41, 5.74) is 0.478. The quantitative estimate of drug-likeness (QED) is 0.307. The van der Waals surface area contributed by atoms with Crippen molar-refractivity contribution in [3.8, 4) is 0 Å². The van der Waals surface area contributed by atoms with Gasteiger partial charge in [0, 0.05) is 6.20 Å². The number of carboxylic acids is 1. The minimum Gasteiger partial charge on any atom is -0.548 e. The molecule has 116 valence electrons. The molecule has 0 N–H and O–H groups in total. The zero-order valence-corrected chi connectivity index (χ0v) is 15.7. The summed E-state index contributed by atoms with van der Waals surface area (Å²) in [7, 11) is -3.87. The number of carboxylic acid groups (broad SMARTS) is 1. The number of carbonyl (C=O) groups excluding carboxylic acids is 2. The molecule has 2 fully saturated rings. The topological polar surface area (TPSA) is 107 Å². The number of aliphatic carboxylic acids is 1. The smallest absolute Gasteiger partial charge is 0.548 e. The summed E-state index contributed by atoms with van der Waals surface area (Å²) < 4.78 is 23.6. The number of sulfone groups is 1. The average Bonchev–Trinajstić information content (AvgIpc) is 2.59. The van der Waals surface area contributed by atoms with Gasteiger partial charge >= 0.3 is 29.6 Å². The molecule has 23 heavy (non-hydrogen) atoms. The Balaban J connectivity index is 0.00000192. The maximum atomic E-state index is 12.6. The number of pyridine rings is 1. The first-order valence-corrected chi connectivity index (χ1v) is 8.14. The second-order valence-electron chi connectivity index (χ2n) is 5.79. The Morgan fingerprint density at radius 1 is 1.39 bits per heavy atom. The molecule has 1 aromatic rings. The molecule has 0 aromatic carbocycles. The first-order valence-electron chi connectivity index (χ1n) is 6.59. The van der Waals surface area contributed by atoms with Gasteiger partial charge in [0.2, 0.25) is 0 Å². The molecule has 0 bridgehead atoms. The Morgan fingerprint density at radius 2 is 2.04 bits per heavy atom. The van der Waals surface area contributed by atoms with Gasteiger partial charge in [-0.1, -0.05) is 6.07 Å². The monoisotopic (exact) mass is 344 g/mol. The van der Waals surface area contributed by atoms with Crippen molar-refractivity contribution in [2.75, 3.05) is 0 Å². The van der Waals surface area contributed by atoms with Crippen LogP contribution in [-0.2, 0) is 19.4 Å². The van der Waals surface area contributed by atoms with Crippen LogP contribution in [0.25, 0.3) is 6.08 Å². The number of hydrogen-bond acceptors (Lipinski definition) is 6. The molecule has 0 spiro atoms. The van der Waals surface area contributed by atoms with Crippen LogP contribution < -0.4 is 34.7 Å². The molecule has 0 unspecified atom stereocenters. The van der Waals surface area contributed by atoms with Crippen LogP contribution >= 0.6 is 0 Å². The Bertz CT molecular complexity index is 804. The fourth-order valence-electron chi connectivity index (χ4n) is 2.94. The Kier molecular flexibility index (Phi) is 4.49. The van der Waals surface area contributed by atoms with Gasteiger partial charge in [0.15, 0.2) is 15.2 Å². The molecular formula is C14H13N2NaO5S. The van der Waals surface area contributed by atoms with Gasteiger partial charge < -0.3 is 14.8 Å². The van der Waals surface area contributed by atoms with Crippen molar-refractivity contribution in [1.82, 2.24) is 9.88 Å². The van der Waals surface area contributed by atoms with Gasteiger partial charge in [-0.2, -0.15) is 0 Å². The van der Waals surface area contributed by atoms with Gasteiger partial charge in [-0.05, 0) is 32.1 Å². The third kappa shape index (κ3) is 2.36. The molecule has 1 amide bonds. The van der Waals surface area contributed by atoms with Crippen molar-refractivity contribution in [3.63, 3.8) is 0 Å². The zero-order chi connectivity index (χ0) is 16.3. The van der Waals surface area contributed by atoms with Gasteiger partial charge in [0.25, 0.3) is 5.91 Å². The van der Waals surface area contributed by atoms with Gasteiger partial charge in [-0.3, -0.25) is 9.78 Å². The third-order valence-electron chi connectivity index (χ3n) is 4.18. The maximum Gasteiger partial charge on any atom is 1.00 e. The molecule has 3 heterocycles. The Labute approximate surface area is 155 Å². The first-order chi connectivity index (χ1) is 10.2. The molecule has 3 rings (SSSR count). The molecule has 0 aliphatic carbocycles. The normalized spacial score (nSPS) is 28.7. The zero-order valence-electron chi connectivity index (χ0n) is 12.9. The van der Waals surface area contributed by atoms with E-state index >= 15 is 0 Å². The van der Waals surface area contributed by atoms with E-state index in [2.05, 4.69) is 4.98 Å². The summed E-state index contributed by atoms with van der Waals surface area (Å²) in [5, 5.41) is 10.1. The molecule has 0 radical (unpaired) electrons. The first kappa shape index (κ1) is 18.1.